The topological polar surface area (TPSA) is 53.7 Å². The van der Waals surface area contributed by atoms with Crippen LogP contribution in [0.25, 0.3) is 0 Å². The molecule has 2 fully saturated rings. The van der Waals surface area contributed by atoms with Crippen molar-refractivity contribution in [3.8, 4) is 0 Å². The molecular weight excluding hydrogens is 230 g/mol. The van der Waals surface area contributed by atoms with Crippen molar-refractivity contribution in [2.24, 2.45) is 11.8 Å². The van der Waals surface area contributed by atoms with Crippen molar-refractivity contribution in [2.75, 3.05) is 13.1 Å². The van der Waals surface area contributed by atoms with E-state index in [1.807, 2.05) is 11.8 Å². The Morgan fingerprint density at radius 1 is 1.50 bits per heavy atom. The van der Waals surface area contributed by atoms with Gasteiger partial charge in [-0.05, 0) is 24.8 Å². The van der Waals surface area contributed by atoms with Crippen LogP contribution in [0.5, 0.6) is 0 Å². The van der Waals surface area contributed by atoms with Gasteiger partial charge in [0.15, 0.2) is 0 Å². The number of carbonyl (C=O) groups is 1. The fraction of sp³-hybridized carbons (Fsp3) is 0.643. The highest BCUT2D eigenvalue weighted by atomic mass is 16.3. The van der Waals surface area contributed by atoms with Gasteiger partial charge in [0.05, 0.1) is 17.9 Å². The molecule has 1 amide bonds. The Bertz CT molecular complexity index is 454. The Labute approximate surface area is 107 Å². The summed E-state index contributed by atoms with van der Waals surface area (Å²) in [4.78, 5) is 14.3. The van der Waals surface area contributed by atoms with Gasteiger partial charge in [-0.25, -0.2) is 0 Å². The molecule has 0 aromatic carbocycles. The molecule has 0 bridgehead atoms. The zero-order valence-electron chi connectivity index (χ0n) is 10.6. The standard InChI is InChI=1S/C14H19NO3/c1-2-13-10(5-6-18-13)14(17)15-7-9-3-4-12(16)11(9)8-15/h5-6,9,11-12,16H,2-4,7-8H2,1H3. The lowest BCUT2D eigenvalue weighted by Gasteiger charge is -2.18. The maximum atomic E-state index is 12.4. The normalized spacial score (nSPS) is 30.8. The zero-order valence-corrected chi connectivity index (χ0v) is 10.6. The highest BCUT2D eigenvalue weighted by Crippen LogP contribution is 2.38. The number of hydrogen-bond acceptors (Lipinski definition) is 3. The maximum absolute atomic E-state index is 12.4. The molecule has 1 aromatic rings. The second kappa shape index (κ2) is 4.43. The van der Waals surface area contributed by atoms with E-state index in [1.165, 1.54) is 0 Å². The van der Waals surface area contributed by atoms with E-state index in [0.29, 0.717) is 18.0 Å². The van der Waals surface area contributed by atoms with Gasteiger partial charge in [0, 0.05) is 25.4 Å². The predicted octanol–water partition coefficient (Wildman–Crippen LogP) is 1.68. The van der Waals surface area contributed by atoms with Gasteiger partial charge < -0.3 is 14.4 Å². The summed E-state index contributed by atoms with van der Waals surface area (Å²) < 4.78 is 5.31. The summed E-state index contributed by atoms with van der Waals surface area (Å²) in [5.41, 5.74) is 0.687. The number of aryl methyl sites for hydroxylation is 1. The fourth-order valence-electron chi connectivity index (χ4n) is 3.38. The Hall–Kier alpha value is -1.29. The van der Waals surface area contributed by atoms with Gasteiger partial charge in [-0.15, -0.1) is 0 Å². The van der Waals surface area contributed by atoms with Gasteiger partial charge in [-0.3, -0.25) is 4.79 Å². The van der Waals surface area contributed by atoms with E-state index in [9.17, 15) is 9.90 Å². The average molecular weight is 249 g/mol. The number of nitrogens with zero attached hydrogens (tertiary/aromatic N) is 1. The third-order valence-electron chi connectivity index (χ3n) is 4.40. The molecule has 1 saturated carbocycles. The van der Waals surface area contributed by atoms with Crippen LogP contribution in [-0.2, 0) is 6.42 Å². The fourth-order valence-corrected chi connectivity index (χ4v) is 3.38. The minimum atomic E-state index is -0.220. The first kappa shape index (κ1) is 11.8. The highest BCUT2D eigenvalue weighted by molar-refractivity contribution is 5.95. The van der Waals surface area contributed by atoms with Gasteiger partial charge in [0.25, 0.3) is 5.91 Å². The van der Waals surface area contributed by atoms with E-state index in [4.69, 9.17) is 4.42 Å². The van der Waals surface area contributed by atoms with Gasteiger partial charge in [-0.2, -0.15) is 0 Å². The number of carbonyl (C=O) groups excluding carboxylic acids is 1. The SMILES string of the molecule is CCc1occc1C(=O)N1CC2CCC(O)C2C1. The first-order valence-electron chi connectivity index (χ1n) is 6.74. The Morgan fingerprint density at radius 2 is 2.33 bits per heavy atom. The summed E-state index contributed by atoms with van der Waals surface area (Å²) in [5, 5.41) is 9.87. The smallest absolute Gasteiger partial charge is 0.257 e. The molecule has 98 valence electrons. The summed E-state index contributed by atoms with van der Waals surface area (Å²) in [6.45, 7) is 3.46. The van der Waals surface area contributed by atoms with Gasteiger partial charge in [-0.1, -0.05) is 6.92 Å². The van der Waals surface area contributed by atoms with Crippen molar-refractivity contribution in [1.29, 1.82) is 0 Å². The minimum Gasteiger partial charge on any atom is -0.469 e. The van der Waals surface area contributed by atoms with Crippen LogP contribution in [0.2, 0.25) is 0 Å². The second-order valence-electron chi connectivity index (χ2n) is 5.39. The van der Waals surface area contributed by atoms with E-state index >= 15 is 0 Å². The van der Waals surface area contributed by atoms with Gasteiger partial charge in [0.1, 0.15) is 5.76 Å². The van der Waals surface area contributed by atoms with E-state index in [1.54, 1.807) is 12.3 Å². The Morgan fingerprint density at radius 3 is 3.06 bits per heavy atom. The van der Waals surface area contributed by atoms with E-state index in [2.05, 4.69) is 0 Å². The molecule has 1 aromatic heterocycles. The van der Waals surface area contributed by atoms with Gasteiger partial charge >= 0.3 is 0 Å². The lowest BCUT2D eigenvalue weighted by molar-refractivity contribution is 0.0750. The molecule has 1 aliphatic heterocycles. The number of aliphatic hydroxyl groups is 1. The first-order valence-corrected chi connectivity index (χ1v) is 6.74. The number of furan rings is 1. The largest absolute Gasteiger partial charge is 0.469 e. The lowest BCUT2D eigenvalue weighted by atomic mass is 10.00. The van der Waals surface area contributed by atoms with Crippen LogP contribution in [-0.4, -0.2) is 35.1 Å². The molecule has 2 aliphatic rings. The third-order valence-corrected chi connectivity index (χ3v) is 4.40. The summed E-state index contributed by atoms with van der Waals surface area (Å²) in [5.74, 6) is 1.59. The van der Waals surface area contributed by atoms with Crippen LogP contribution in [0, 0.1) is 11.8 Å². The minimum absolute atomic E-state index is 0.0576. The predicted molar refractivity (Wildman–Crippen MR) is 66.2 cm³/mol. The summed E-state index contributed by atoms with van der Waals surface area (Å²) in [7, 11) is 0. The average Bonchev–Trinajstić information content (AvgIpc) is 3.05. The molecule has 2 heterocycles. The third kappa shape index (κ3) is 1.75. The van der Waals surface area contributed by atoms with Crippen LogP contribution in [0.15, 0.2) is 16.7 Å². The van der Waals surface area contributed by atoms with Crippen molar-refractivity contribution < 1.29 is 14.3 Å². The summed E-state index contributed by atoms with van der Waals surface area (Å²) in [6.07, 6.45) is 4.03. The number of fused-ring (bicyclic) bond motifs is 1. The second-order valence-corrected chi connectivity index (χ2v) is 5.39. The first-order chi connectivity index (χ1) is 8.70. The van der Waals surface area contributed by atoms with Crippen LogP contribution >= 0.6 is 0 Å². The molecule has 4 nitrogen and oxygen atoms in total. The molecule has 3 unspecified atom stereocenters. The molecule has 18 heavy (non-hydrogen) atoms. The number of amides is 1. The maximum Gasteiger partial charge on any atom is 0.257 e. The van der Waals surface area contributed by atoms with E-state index in [-0.39, 0.29) is 17.9 Å². The molecular formula is C14H19NO3. The van der Waals surface area contributed by atoms with Crippen molar-refractivity contribution in [3.05, 3.63) is 23.7 Å². The molecule has 3 rings (SSSR count). The number of rotatable bonds is 2. The lowest BCUT2D eigenvalue weighted by Crippen LogP contribution is -2.31. The molecule has 3 atom stereocenters. The molecule has 0 spiro atoms. The molecule has 4 heteroatoms. The van der Waals surface area contributed by atoms with Crippen LogP contribution in [0.3, 0.4) is 0 Å². The molecule has 1 N–H and O–H groups in total. The zero-order chi connectivity index (χ0) is 12.7. The molecule has 0 radical (unpaired) electrons. The quantitative estimate of drug-likeness (QED) is 0.867. The van der Waals surface area contributed by atoms with Crippen LogP contribution in [0.1, 0.15) is 35.9 Å². The number of hydrogen-bond donors (Lipinski definition) is 1. The van der Waals surface area contributed by atoms with Crippen LogP contribution in [0.4, 0.5) is 0 Å². The Kier molecular flexibility index (Phi) is 2.90. The van der Waals surface area contributed by atoms with Crippen molar-refractivity contribution in [2.45, 2.75) is 32.3 Å². The molecule has 1 saturated heterocycles. The van der Waals surface area contributed by atoms with Gasteiger partial charge in [0.2, 0.25) is 0 Å². The highest BCUT2D eigenvalue weighted by Gasteiger charge is 2.43. The van der Waals surface area contributed by atoms with E-state index in [0.717, 1.165) is 31.6 Å². The number of aliphatic hydroxyl groups excluding tert-OH is 1. The van der Waals surface area contributed by atoms with Crippen molar-refractivity contribution in [1.82, 2.24) is 4.90 Å². The van der Waals surface area contributed by atoms with Crippen LogP contribution < -0.4 is 0 Å². The monoisotopic (exact) mass is 249 g/mol. The number of likely N-dealkylation sites (tertiary alicyclic amines) is 1. The van der Waals surface area contributed by atoms with Crippen molar-refractivity contribution >= 4 is 5.91 Å². The van der Waals surface area contributed by atoms with Crippen molar-refractivity contribution in [3.63, 3.8) is 0 Å². The molecule has 1 aliphatic carbocycles. The Balaban J connectivity index is 1.75. The summed E-state index contributed by atoms with van der Waals surface area (Å²) >= 11 is 0. The summed E-state index contributed by atoms with van der Waals surface area (Å²) in [6, 6.07) is 1.76. The van der Waals surface area contributed by atoms with E-state index < -0.39 is 0 Å².